The molecule has 1 saturated heterocycles. The molecule has 9 nitrogen and oxygen atoms in total. The third-order valence-corrected chi connectivity index (χ3v) is 4.71. The van der Waals surface area contributed by atoms with E-state index in [0.717, 1.165) is 32.4 Å². The number of carbonyl (C=O) groups excluding carboxylic acids is 2. The predicted octanol–water partition coefficient (Wildman–Crippen LogP) is 2.87. The van der Waals surface area contributed by atoms with Crippen molar-refractivity contribution in [2.24, 2.45) is 0 Å². The minimum absolute atomic E-state index is 0.0906. The van der Waals surface area contributed by atoms with Gasteiger partial charge in [-0.05, 0) is 51.3 Å². The molecule has 0 spiro atoms. The lowest BCUT2D eigenvalue weighted by Crippen LogP contribution is -2.41. The van der Waals surface area contributed by atoms with E-state index >= 15 is 0 Å². The van der Waals surface area contributed by atoms with Crippen molar-refractivity contribution in [2.75, 3.05) is 18.0 Å². The molecule has 2 N–H and O–H groups in total. The van der Waals surface area contributed by atoms with Crippen molar-refractivity contribution in [1.82, 2.24) is 10.9 Å². The quantitative estimate of drug-likeness (QED) is 0.616. The fraction of sp³-hybridized carbons (Fsp3) is 0.368. The highest BCUT2D eigenvalue weighted by Crippen LogP contribution is 2.31. The molecule has 9 heteroatoms. The molecule has 1 aromatic carbocycles. The molecule has 0 aliphatic carbocycles. The summed E-state index contributed by atoms with van der Waals surface area (Å²) in [6.07, 6.45) is 3.08. The third-order valence-electron chi connectivity index (χ3n) is 4.71. The highest BCUT2D eigenvalue weighted by Gasteiger charge is 2.23. The van der Waals surface area contributed by atoms with Gasteiger partial charge in [0, 0.05) is 24.7 Å². The van der Waals surface area contributed by atoms with Crippen LogP contribution in [0.5, 0.6) is 0 Å². The first kappa shape index (κ1) is 19.4. The van der Waals surface area contributed by atoms with Crippen LogP contribution in [0.25, 0.3) is 0 Å². The van der Waals surface area contributed by atoms with Crippen LogP contribution in [0.2, 0.25) is 0 Å². The van der Waals surface area contributed by atoms with E-state index in [4.69, 9.17) is 4.42 Å². The van der Waals surface area contributed by atoms with Crippen LogP contribution < -0.4 is 15.8 Å². The van der Waals surface area contributed by atoms with Gasteiger partial charge in [0.25, 0.3) is 17.5 Å². The highest BCUT2D eigenvalue weighted by molar-refractivity contribution is 6.00. The van der Waals surface area contributed by atoms with E-state index in [1.54, 1.807) is 26.0 Å². The number of nitro benzene ring substituents is 1. The van der Waals surface area contributed by atoms with Gasteiger partial charge in [-0.25, -0.2) is 0 Å². The van der Waals surface area contributed by atoms with E-state index in [0.29, 0.717) is 22.8 Å². The number of rotatable bonds is 4. The van der Waals surface area contributed by atoms with Gasteiger partial charge >= 0.3 is 0 Å². The fourth-order valence-electron chi connectivity index (χ4n) is 3.32. The number of carbonyl (C=O) groups is 2. The first-order valence-electron chi connectivity index (χ1n) is 9.08. The minimum atomic E-state index is -0.639. The largest absolute Gasteiger partial charge is 0.466 e. The minimum Gasteiger partial charge on any atom is -0.466 e. The zero-order valence-corrected chi connectivity index (χ0v) is 15.8. The lowest BCUT2D eigenvalue weighted by Gasteiger charge is -2.28. The number of anilines is 1. The number of benzene rings is 1. The van der Waals surface area contributed by atoms with Crippen LogP contribution in [0.3, 0.4) is 0 Å². The van der Waals surface area contributed by atoms with Gasteiger partial charge in [-0.2, -0.15) is 0 Å². The maximum Gasteiger partial charge on any atom is 0.293 e. The molecule has 1 aliphatic rings. The van der Waals surface area contributed by atoms with Crippen molar-refractivity contribution < 1.29 is 18.9 Å². The van der Waals surface area contributed by atoms with Gasteiger partial charge in [-0.15, -0.1) is 0 Å². The van der Waals surface area contributed by atoms with Gasteiger partial charge in [-0.1, -0.05) is 0 Å². The van der Waals surface area contributed by atoms with E-state index < -0.39 is 16.7 Å². The highest BCUT2D eigenvalue weighted by atomic mass is 16.6. The van der Waals surface area contributed by atoms with Crippen LogP contribution in [-0.2, 0) is 0 Å². The topological polar surface area (TPSA) is 118 Å². The summed E-state index contributed by atoms with van der Waals surface area (Å²) >= 11 is 0. The van der Waals surface area contributed by atoms with Crippen LogP contribution in [0.15, 0.2) is 28.7 Å². The molecule has 0 saturated carbocycles. The molecule has 1 aliphatic heterocycles. The Hall–Kier alpha value is -3.36. The number of piperidine rings is 1. The standard InChI is InChI=1S/C19H22N4O5/c1-12-10-15(13(2)28-12)19(25)21-20-18(24)14-6-7-16(17(11-14)23(26)27)22-8-4-3-5-9-22/h6-7,10-11H,3-5,8-9H2,1-2H3,(H,20,24)(H,21,25). The Labute approximate surface area is 161 Å². The number of nitrogens with zero attached hydrogens (tertiary/aromatic N) is 2. The number of hydrogen-bond acceptors (Lipinski definition) is 6. The first-order chi connectivity index (χ1) is 13.4. The van der Waals surface area contributed by atoms with E-state index in [1.165, 1.54) is 12.1 Å². The van der Waals surface area contributed by atoms with Crippen molar-refractivity contribution in [3.05, 3.63) is 57.0 Å². The zero-order chi connectivity index (χ0) is 20.3. The van der Waals surface area contributed by atoms with E-state index in [9.17, 15) is 19.7 Å². The predicted molar refractivity (Wildman–Crippen MR) is 102 cm³/mol. The first-order valence-corrected chi connectivity index (χ1v) is 9.08. The lowest BCUT2D eigenvalue weighted by molar-refractivity contribution is -0.384. The lowest BCUT2D eigenvalue weighted by atomic mass is 10.1. The second-order valence-electron chi connectivity index (χ2n) is 6.74. The number of hydrogen-bond donors (Lipinski definition) is 2. The Kier molecular flexibility index (Phi) is 5.62. The van der Waals surface area contributed by atoms with Crippen LogP contribution in [0.4, 0.5) is 11.4 Å². The van der Waals surface area contributed by atoms with Crippen molar-refractivity contribution in [3.8, 4) is 0 Å². The number of aryl methyl sites for hydroxylation is 2. The summed E-state index contributed by atoms with van der Waals surface area (Å²) in [5.41, 5.74) is 5.37. The van der Waals surface area contributed by atoms with Gasteiger partial charge < -0.3 is 9.32 Å². The van der Waals surface area contributed by atoms with Crippen LogP contribution in [0, 0.1) is 24.0 Å². The summed E-state index contributed by atoms with van der Waals surface area (Å²) in [6, 6.07) is 5.91. The molecule has 2 aromatic rings. The summed E-state index contributed by atoms with van der Waals surface area (Å²) in [5.74, 6) is -0.148. The Morgan fingerprint density at radius 3 is 2.36 bits per heavy atom. The summed E-state index contributed by atoms with van der Waals surface area (Å²) < 4.78 is 5.29. The number of furan rings is 1. The smallest absolute Gasteiger partial charge is 0.293 e. The Morgan fingerprint density at radius 2 is 1.75 bits per heavy atom. The van der Waals surface area contributed by atoms with Gasteiger partial charge in [-0.3, -0.25) is 30.6 Å². The molecule has 2 heterocycles. The number of nitro groups is 1. The number of nitrogens with one attached hydrogen (secondary N) is 2. The Bertz CT molecular complexity index is 915. The summed E-state index contributed by atoms with van der Waals surface area (Å²) in [5, 5.41) is 11.5. The Morgan fingerprint density at radius 1 is 1.07 bits per heavy atom. The molecule has 0 atom stereocenters. The number of amides is 2. The van der Waals surface area contributed by atoms with E-state index in [2.05, 4.69) is 10.9 Å². The molecule has 2 amide bonds. The molecule has 0 unspecified atom stereocenters. The van der Waals surface area contributed by atoms with Crippen molar-refractivity contribution in [1.29, 1.82) is 0 Å². The molecule has 0 radical (unpaired) electrons. The van der Waals surface area contributed by atoms with E-state index in [1.807, 2.05) is 4.90 Å². The molecular weight excluding hydrogens is 364 g/mol. The van der Waals surface area contributed by atoms with Gasteiger partial charge in [0.15, 0.2) is 0 Å². The second kappa shape index (κ2) is 8.12. The summed E-state index contributed by atoms with van der Waals surface area (Å²) in [6.45, 7) is 4.87. The zero-order valence-electron chi connectivity index (χ0n) is 15.8. The van der Waals surface area contributed by atoms with Crippen molar-refractivity contribution in [3.63, 3.8) is 0 Å². The van der Waals surface area contributed by atoms with E-state index in [-0.39, 0.29) is 11.3 Å². The van der Waals surface area contributed by atoms with Crippen LogP contribution >= 0.6 is 0 Å². The maximum atomic E-state index is 12.3. The third kappa shape index (κ3) is 4.13. The molecule has 148 valence electrons. The fourth-order valence-corrected chi connectivity index (χ4v) is 3.32. The Balaban J connectivity index is 1.72. The maximum absolute atomic E-state index is 12.3. The number of hydrazine groups is 1. The average molecular weight is 386 g/mol. The SMILES string of the molecule is Cc1cc(C(=O)NNC(=O)c2ccc(N3CCCCC3)c([N+](=O)[O-])c2)c(C)o1. The molecule has 1 fully saturated rings. The van der Waals surface area contributed by atoms with Gasteiger partial charge in [0.1, 0.15) is 17.2 Å². The normalized spacial score (nSPS) is 13.9. The monoisotopic (exact) mass is 386 g/mol. The summed E-state index contributed by atoms with van der Waals surface area (Å²) in [4.78, 5) is 37.5. The molecule has 0 bridgehead atoms. The van der Waals surface area contributed by atoms with Crippen molar-refractivity contribution in [2.45, 2.75) is 33.1 Å². The molecule has 28 heavy (non-hydrogen) atoms. The average Bonchev–Trinajstić information content (AvgIpc) is 3.04. The molecule has 3 rings (SSSR count). The summed E-state index contributed by atoms with van der Waals surface area (Å²) in [7, 11) is 0. The molecular formula is C19H22N4O5. The van der Waals surface area contributed by atoms with Crippen LogP contribution in [0.1, 0.15) is 51.5 Å². The second-order valence-corrected chi connectivity index (χ2v) is 6.74. The van der Waals surface area contributed by atoms with Crippen LogP contribution in [-0.4, -0.2) is 29.8 Å². The molecule has 1 aromatic heterocycles. The van der Waals surface area contributed by atoms with Crippen molar-refractivity contribution >= 4 is 23.2 Å². The van der Waals surface area contributed by atoms with Gasteiger partial charge in [0.05, 0.1) is 10.5 Å². The van der Waals surface area contributed by atoms with Gasteiger partial charge in [0.2, 0.25) is 0 Å².